The predicted molar refractivity (Wildman–Crippen MR) is 106 cm³/mol. The van der Waals surface area contributed by atoms with E-state index in [1.54, 1.807) is 6.33 Å². The van der Waals surface area contributed by atoms with Crippen LogP contribution in [0.1, 0.15) is 62.3 Å². The van der Waals surface area contributed by atoms with Gasteiger partial charge in [-0.15, -0.1) is 10.2 Å². The maximum atomic E-state index is 4.59. The lowest BCUT2D eigenvalue weighted by Crippen LogP contribution is -2.36. The van der Waals surface area contributed by atoms with Gasteiger partial charge >= 0.3 is 0 Å². The number of rotatable bonds is 5. The van der Waals surface area contributed by atoms with Crippen molar-refractivity contribution >= 4 is 5.82 Å². The molecule has 1 atom stereocenters. The first-order valence-corrected chi connectivity index (χ1v) is 10.4. The molecule has 2 aliphatic rings. The molecule has 2 saturated heterocycles. The lowest BCUT2D eigenvalue weighted by Gasteiger charge is -2.33. The van der Waals surface area contributed by atoms with Crippen LogP contribution in [0, 0.1) is 0 Å². The molecule has 0 spiro atoms. The molecule has 0 aliphatic carbocycles. The van der Waals surface area contributed by atoms with E-state index in [9.17, 15) is 0 Å². The Morgan fingerprint density at radius 2 is 1.89 bits per heavy atom. The standard InChI is InChI=1S/C20H31N7/c1-3-17-12-18(22-15-21-17)27-11-7-8-16(13-27)20-24-23-19(25(20)2)14-26-9-5-4-6-10-26/h12,15-16H,3-11,13-14H2,1-2H3/t16-/m0/s1. The summed E-state index contributed by atoms with van der Waals surface area (Å²) in [6.07, 6.45) is 8.93. The van der Waals surface area contributed by atoms with Crippen molar-refractivity contribution in [3.05, 3.63) is 29.7 Å². The van der Waals surface area contributed by atoms with Gasteiger partial charge in [0.25, 0.3) is 0 Å². The van der Waals surface area contributed by atoms with Gasteiger partial charge in [-0.2, -0.15) is 0 Å². The van der Waals surface area contributed by atoms with E-state index in [4.69, 9.17) is 0 Å². The van der Waals surface area contributed by atoms with Gasteiger partial charge in [-0.3, -0.25) is 4.90 Å². The molecular weight excluding hydrogens is 338 g/mol. The number of aryl methyl sites for hydroxylation is 1. The summed E-state index contributed by atoms with van der Waals surface area (Å²) >= 11 is 0. The normalized spacial score (nSPS) is 21.6. The van der Waals surface area contributed by atoms with Gasteiger partial charge in [0.15, 0.2) is 0 Å². The summed E-state index contributed by atoms with van der Waals surface area (Å²) in [5, 5.41) is 9.13. The molecular formula is C20H31N7. The Balaban J connectivity index is 1.46. The van der Waals surface area contributed by atoms with Gasteiger partial charge in [0.1, 0.15) is 23.8 Å². The van der Waals surface area contributed by atoms with Crippen molar-refractivity contribution in [1.29, 1.82) is 0 Å². The van der Waals surface area contributed by atoms with Crippen LogP contribution >= 0.6 is 0 Å². The van der Waals surface area contributed by atoms with Gasteiger partial charge in [0, 0.05) is 37.8 Å². The van der Waals surface area contributed by atoms with Crippen LogP contribution < -0.4 is 4.90 Å². The largest absolute Gasteiger partial charge is 0.356 e. The van der Waals surface area contributed by atoms with E-state index >= 15 is 0 Å². The topological polar surface area (TPSA) is 63.0 Å². The molecule has 2 aromatic rings. The highest BCUT2D eigenvalue weighted by molar-refractivity contribution is 5.40. The zero-order chi connectivity index (χ0) is 18.6. The lowest BCUT2D eigenvalue weighted by molar-refractivity contribution is 0.213. The van der Waals surface area contributed by atoms with E-state index in [0.29, 0.717) is 5.92 Å². The maximum Gasteiger partial charge on any atom is 0.146 e. The van der Waals surface area contributed by atoms with Crippen molar-refractivity contribution in [2.75, 3.05) is 31.1 Å². The van der Waals surface area contributed by atoms with E-state index in [0.717, 1.165) is 62.1 Å². The zero-order valence-electron chi connectivity index (χ0n) is 16.6. The molecule has 0 aromatic carbocycles. The average Bonchev–Trinajstić information content (AvgIpc) is 3.09. The molecule has 7 nitrogen and oxygen atoms in total. The average molecular weight is 370 g/mol. The molecule has 146 valence electrons. The van der Waals surface area contributed by atoms with Crippen LogP contribution in [-0.2, 0) is 20.0 Å². The van der Waals surface area contributed by atoms with Crippen LogP contribution in [0.4, 0.5) is 5.82 Å². The van der Waals surface area contributed by atoms with E-state index in [1.807, 2.05) is 0 Å². The fourth-order valence-corrected chi connectivity index (χ4v) is 4.33. The fraction of sp³-hybridized carbons (Fsp3) is 0.700. The summed E-state index contributed by atoms with van der Waals surface area (Å²) in [6, 6.07) is 2.13. The molecule has 2 aliphatic heterocycles. The highest BCUT2D eigenvalue weighted by atomic mass is 15.3. The quantitative estimate of drug-likeness (QED) is 0.807. The third-order valence-corrected chi connectivity index (χ3v) is 5.99. The molecule has 4 rings (SSSR count). The van der Waals surface area contributed by atoms with Crippen LogP contribution in [0.5, 0.6) is 0 Å². The first kappa shape index (κ1) is 18.3. The van der Waals surface area contributed by atoms with E-state index in [-0.39, 0.29) is 0 Å². The summed E-state index contributed by atoms with van der Waals surface area (Å²) < 4.78 is 2.24. The van der Waals surface area contributed by atoms with Crippen LogP contribution in [0.2, 0.25) is 0 Å². The number of likely N-dealkylation sites (tertiary alicyclic amines) is 1. The minimum atomic E-state index is 0.409. The molecule has 2 fully saturated rings. The van der Waals surface area contributed by atoms with E-state index in [2.05, 4.69) is 54.6 Å². The highest BCUT2D eigenvalue weighted by Gasteiger charge is 2.27. The highest BCUT2D eigenvalue weighted by Crippen LogP contribution is 2.28. The number of nitrogens with zero attached hydrogens (tertiary/aromatic N) is 7. The molecule has 2 aromatic heterocycles. The van der Waals surface area contributed by atoms with Crippen molar-refractivity contribution in [1.82, 2.24) is 29.6 Å². The molecule has 0 radical (unpaired) electrons. The second kappa shape index (κ2) is 8.33. The second-order valence-electron chi connectivity index (χ2n) is 7.88. The first-order valence-electron chi connectivity index (χ1n) is 10.4. The van der Waals surface area contributed by atoms with Gasteiger partial charge in [0.05, 0.1) is 6.54 Å². The van der Waals surface area contributed by atoms with Crippen molar-refractivity contribution in [2.24, 2.45) is 7.05 Å². The first-order chi connectivity index (χ1) is 13.2. The van der Waals surface area contributed by atoms with Crippen LogP contribution in [0.25, 0.3) is 0 Å². The Labute approximate surface area is 161 Å². The summed E-state index contributed by atoms with van der Waals surface area (Å²) in [5.41, 5.74) is 1.10. The number of anilines is 1. The zero-order valence-corrected chi connectivity index (χ0v) is 16.6. The summed E-state index contributed by atoms with van der Waals surface area (Å²) in [6.45, 7) is 7.44. The molecule has 0 bridgehead atoms. The molecule has 7 heteroatoms. The van der Waals surface area contributed by atoms with Gasteiger partial charge < -0.3 is 9.47 Å². The molecule has 27 heavy (non-hydrogen) atoms. The lowest BCUT2D eigenvalue weighted by atomic mass is 9.97. The SMILES string of the molecule is CCc1cc(N2CCC[C@H](c3nnc(CN4CCCCC4)n3C)C2)ncn1. The monoisotopic (exact) mass is 369 g/mol. The maximum absolute atomic E-state index is 4.59. The van der Waals surface area contributed by atoms with Crippen molar-refractivity contribution in [2.45, 2.75) is 57.9 Å². The summed E-state index contributed by atoms with van der Waals surface area (Å²) in [4.78, 5) is 13.7. The third kappa shape index (κ3) is 4.13. The Bertz CT molecular complexity index is 751. The smallest absolute Gasteiger partial charge is 0.146 e. The van der Waals surface area contributed by atoms with Crippen LogP contribution in [-0.4, -0.2) is 55.8 Å². The Kier molecular flexibility index (Phi) is 5.66. The minimum absolute atomic E-state index is 0.409. The molecule has 0 N–H and O–H groups in total. The van der Waals surface area contributed by atoms with Gasteiger partial charge in [-0.1, -0.05) is 13.3 Å². The summed E-state index contributed by atoms with van der Waals surface area (Å²) in [5.74, 6) is 3.67. The number of piperidine rings is 2. The molecule has 0 saturated carbocycles. The molecule has 4 heterocycles. The van der Waals surface area contributed by atoms with E-state index < -0.39 is 0 Å². The van der Waals surface area contributed by atoms with Gasteiger partial charge in [0.2, 0.25) is 0 Å². The summed E-state index contributed by atoms with van der Waals surface area (Å²) in [7, 11) is 2.13. The Hall–Kier alpha value is -2.02. The predicted octanol–water partition coefficient (Wildman–Crippen LogP) is 2.54. The van der Waals surface area contributed by atoms with Crippen LogP contribution in [0.15, 0.2) is 12.4 Å². The number of aromatic nitrogens is 5. The Morgan fingerprint density at radius 3 is 2.70 bits per heavy atom. The van der Waals surface area contributed by atoms with Crippen molar-refractivity contribution in [3.8, 4) is 0 Å². The second-order valence-corrected chi connectivity index (χ2v) is 7.88. The minimum Gasteiger partial charge on any atom is -0.356 e. The van der Waals surface area contributed by atoms with Gasteiger partial charge in [-0.05, 0) is 45.2 Å². The number of hydrogen-bond donors (Lipinski definition) is 0. The molecule has 0 amide bonds. The molecule has 0 unspecified atom stereocenters. The fourth-order valence-electron chi connectivity index (χ4n) is 4.33. The Morgan fingerprint density at radius 1 is 1.04 bits per heavy atom. The van der Waals surface area contributed by atoms with Crippen LogP contribution in [0.3, 0.4) is 0 Å². The van der Waals surface area contributed by atoms with Crippen molar-refractivity contribution in [3.63, 3.8) is 0 Å². The third-order valence-electron chi connectivity index (χ3n) is 5.99. The van der Waals surface area contributed by atoms with Gasteiger partial charge in [-0.25, -0.2) is 9.97 Å². The number of hydrogen-bond acceptors (Lipinski definition) is 6. The van der Waals surface area contributed by atoms with E-state index in [1.165, 1.54) is 32.4 Å². The van der Waals surface area contributed by atoms with Crippen molar-refractivity contribution < 1.29 is 0 Å².